The first-order valence-electron chi connectivity index (χ1n) is 6.64. The molecule has 1 atom stereocenters. The van der Waals surface area contributed by atoms with Crippen LogP contribution in [0.2, 0.25) is 5.02 Å². The second-order valence-electron chi connectivity index (χ2n) is 4.96. The molecule has 0 bridgehead atoms. The van der Waals surface area contributed by atoms with Crippen molar-refractivity contribution in [2.24, 2.45) is 0 Å². The number of amides is 1. The number of carbonyl (C=O) groups excluding carboxylic acids is 1. The number of halogens is 1. The van der Waals surface area contributed by atoms with Crippen molar-refractivity contribution in [3.8, 4) is 0 Å². The quantitative estimate of drug-likeness (QED) is 0.924. The molecule has 0 spiro atoms. The summed E-state index contributed by atoms with van der Waals surface area (Å²) < 4.78 is 0. The molecule has 2 aromatic rings. The zero-order chi connectivity index (χ0) is 13.9. The van der Waals surface area contributed by atoms with Crippen LogP contribution in [-0.4, -0.2) is 39.1 Å². The Morgan fingerprint density at radius 1 is 1.40 bits per heavy atom. The Morgan fingerprint density at radius 2 is 2.30 bits per heavy atom. The number of nitrogens with one attached hydrogen (secondary N) is 1. The molecule has 0 radical (unpaired) electrons. The predicted octanol–water partition coefficient (Wildman–Crippen LogP) is 2.48. The van der Waals surface area contributed by atoms with Crippen LogP contribution in [0, 0.1) is 0 Å². The summed E-state index contributed by atoms with van der Waals surface area (Å²) in [5.41, 5.74) is 1.55. The number of nitrogens with zero attached hydrogens (tertiary/aromatic N) is 3. The number of aromatic amines is 1. The normalized spacial score (nSPS) is 19.1. The Labute approximate surface area is 122 Å². The number of hydrogen-bond acceptors (Lipinski definition) is 3. The van der Waals surface area contributed by atoms with E-state index in [2.05, 4.69) is 15.2 Å². The Morgan fingerprint density at radius 3 is 3.05 bits per heavy atom. The van der Waals surface area contributed by atoms with Crippen molar-refractivity contribution in [2.45, 2.75) is 18.8 Å². The second kappa shape index (κ2) is 5.63. The lowest BCUT2D eigenvalue weighted by Gasteiger charge is -2.32. The molecule has 2 aromatic heterocycles. The molecule has 1 unspecified atom stereocenters. The van der Waals surface area contributed by atoms with Crippen LogP contribution >= 0.6 is 11.6 Å². The highest BCUT2D eigenvalue weighted by molar-refractivity contribution is 6.33. The van der Waals surface area contributed by atoms with E-state index >= 15 is 0 Å². The van der Waals surface area contributed by atoms with Crippen LogP contribution < -0.4 is 0 Å². The fraction of sp³-hybridized carbons (Fsp3) is 0.357. The van der Waals surface area contributed by atoms with E-state index in [0.29, 0.717) is 23.0 Å². The summed E-state index contributed by atoms with van der Waals surface area (Å²) >= 11 is 6.07. The third-order valence-electron chi connectivity index (χ3n) is 3.67. The highest BCUT2D eigenvalue weighted by Crippen LogP contribution is 2.27. The minimum atomic E-state index is -0.0488. The number of hydrogen-bond donors (Lipinski definition) is 1. The van der Waals surface area contributed by atoms with E-state index in [1.165, 1.54) is 6.20 Å². The number of pyridine rings is 1. The molecule has 104 valence electrons. The molecule has 0 aromatic carbocycles. The molecule has 1 aliphatic rings. The van der Waals surface area contributed by atoms with E-state index < -0.39 is 0 Å². The maximum absolute atomic E-state index is 12.5. The molecule has 1 fully saturated rings. The summed E-state index contributed by atoms with van der Waals surface area (Å²) in [6.07, 6.45) is 6.90. The molecular formula is C14H15ClN4O. The van der Waals surface area contributed by atoms with E-state index in [4.69, 9.17) is 11.6 Å². The summed E-state index contributed by atoms with van der Waals surface area (Å²) in [6.45, 7) is 1.45. The fourth-order valence-electron chi connectivity index (χ4n) is 2.61. The summed E-state index contributed by atoms with van der Waals surface area (Å²) in [5, 5.41) is 7.42. The maximum Gasteiger partial charge on any atom is 0.256 e. The van der Waals surface area contributed by atoms with Gasteiger partial charge >= 0.3 is 0 Å². The second-order valence-corrected chi connectivity index (χ2v) is 5.37. The van der Waals surface area contributed by atoms with Gasteiger partial charge in [0.2, 0.25) is 0 Å². The van der Waals surface area contributed by atoms with Gasteiger partial charge in [-0.25, -0.2) is 0 Å². The summed E-state index contributed by atoms with van der Waals surface area (Å²) in [7, 11) is 0. The van der Waals surface area contributed by atoms with E-state index in [1.54, 1.807) is 18.5 Å². The molecular weight excluding hydrogens is 276 g/mol. The van der Waals surface area contributed by atoms with Gasteiger partial charge in [-0.1, -0.05) is 11.6 Å². The predicted molar refractivity (Wildman–Crippen MR) is 75.7 cm³/mol. The molecule has 1 amide bonds. The molecule has 3 heterocycles. The van der Waals surface area contributed by atoms with Gasteiger partial charge in [0, 0.05) is 43.3 Å². The summed E-state index contributed by atoms with van der Waals surface area (Å²) in [6, 6.07) is 3.61. The van der Waals surface area contributed by atoms with Gasteiger partial charge in [0.25, 0.3) is 5.91 Å². The van der Waals surface area contributed by atoms with Crippen molar-refractivity contribution in [1.29, 1.82) is 0 Å². The maximum atomic E-state index is 12.5. The molecule has 0 aliphatic carbocycles. The zero-order valence-electron chi connectivity index (χ0n) is 10.9. The van der Waals surface area contributed by atoms with Crippen molar-refractivity contribution in [3.63, 3.8) is 0 Å². The summed E-state index contributed by atoms with van der Waals surface area (Å²) in [5.74, 6) is 0.262. The Kier molecular flexibility index (Phi) is 3.69. The first kappa shape index (κ1) is 13.1. The van der Waals surface area contributed by atoms with Crippen LogP contribution in [-0.2, 0) is 0 Å². The lowest BCUT2D eigenvalue weighted by atomic mass is 9.94. The first-order chi connectivity index (χ1) is 9.75. The number of carbonyl (C=O) groups is 1. The highest BCUT2D eigenvalue weighted by Gasteiger charge is 2.27. The Bertz CT molecular complexity index is 599. The van der Waals surface area contributed by atoms with Crippen molar-refractivity contribution in [1.82, 2.24) is 20.1 Å². The van der Waals surface area contributed by atoms with Gasteiger partial charge in [-0.05, 0) is 25.0 Å². The molecule has 20 heavy (non-hydrogen) atoms. The summed E-state index contributed by atoms with van der Waals surface area (Å²) in [4.78, 5) is 18.3. The minimum absolute atomic E-state index is 0.0488. The van der Waals surface area contributed by atoms with Gasteiger partial charge in [-0.15, -0.1) is 0 Å². The number of rotatable bonds is 2. The molecule has 5 nitrogen and oxygen atoms in total. The standard InChI is InChI=1S/C14H15ClN4O/c15-12-3-5-16-8-11(12)14(20)19-7-1-2-10(9-19)13-4-6-17-18-13/h3-6,8,10H,1-2,7,9H2,(H,17,18). The number of piperidine rings is 1. The van der Waals surface area contributed by atoms with Gasteiger partial charge < -0.3 is 4.90 Å². The first-order valence-corrected chi connectivity index (χ1v) is 7.01. The number of aromatic nitrogens is 3. The average molecular weight is 291 g/mol. The van der Waals surface area contributed by atoms with Crippen LogP contribution in [0.3, 0.4) is 0 Å². The third kappa shape index (κ3) is 2.54. The van der Waals surface area contributed by atoms with Crippen LogP contribution in [0.5, 0.6) is 0 Å². The molecule has 3 rings (SSSR count). The van der Waals surface area contributed by atoms with Crippen molar-refractivity contribution in [2.75, 3.05) is 13.1 Å². The van der Waals surface area contributed by atoms with Gasteiger partial charge in [0.05, 0.1) is 10.6 Å². The molecule has 6 heteroatoms. The molecule has 1 aliphatic heterocycles. The topological polar surface area (TPSA) is 61.9 Å². The lowest BCUT2D eigenvalue weighted by molar-refractivity contribution is 0.0705. The largest absolute Gasteiger partial charge is 0.338 e. The van der Waals surface area contributed by atoms with Crippen molar-refractivity contribution >= 4 is 17.5 Å². The highest BCUT2D eigenvalue weighted by atomic mass is 35.5. The van der Waals surface area contributed by atoms with Crippen LogP contribution in [0.25, 0.3) is 0 Å². The molecule has 1 N–H and O–H groups in total. The lowest BCUT2D eigenvalue weighted by Crippen LogP contribution is -2.39. The van der Waals surface area contributed by atoms with E-state index in [-0.39, 0.29) is 5.91 Å². The minimum Gasteiger partial charge on any atom is -0.338 e. The number of likely N-dealkylation sites (tertiary alicyclic amines) is 1. The zero-order valence-corrected chi connectivity index (χ0v) is 11.7. The van der Waals surface area contributed by atoms with E-state index in [0.717, 1.165) is 25.1 Å². The third-order valence-corrected chi connectivity index (χ3v) is 4.00. The average Bonchev–Trinajstić information content (AvgIpc) is 3.01. The van der Waals surface area contributed by atoms with Crippen LogP contribution in [0.1, 0.15) is 34.8 Å². The monoisotopic (exact) mass is 290 g/mol. The fourth-order valence-corrected chi connectivity index (χ4v) is 2.80. The molecule has 0 saturated carbocycles. The van der Waals surface area contributed by atoms with Gasteiger partial charge in [-0.2, -0.15) is 5.10 Å². The van der Waals surface area contributed by atoms with Crippen molar-refractivity contribution in [3.05, 3.63) is 47.0 Å². The van der Waals surface area contributed by atoms with Gasteiger partial charge in [0.15, 0.2) is 0 Å². The Balaban J connectivity index is 1.77. The van der Waals surface area contributed by atoms with E-state index in [9.17, 15) is 4.79 Å². The van der Waals surface area contributed by atoms with Crippen LogP contribution in [0.4, 0.5) is 0 Å². The van der Waals surface area contributed by atoms with E-state index in [1.807, 2.05) is 11.0 Å². The van der Waals surface area contributed by atoms with Gasteiger partial charge in [-0.3, -0.25) is 14.9 Å². The Hall–Kier alpha value is -1.88. The molecule has 1 saturated heterocycles. The SMILES string of the molecule is O=C(c1cnccc1Cl)N1CCCC(c2ccn[nH]2)C1. The smallest absolute Gasteiger partial charge is 0.256 e. The van der Waals surface area contributed by atoms with Gasteiger partial charge in [0.1, 0.15) is 0 Å². The van der Waals surface area contributed by atoms with Crippen molar-refractivity contribution < 1.29 is 4.79 Å². The number of H-pyrrole nitrogens is 1. The van der Waals surface area contributed by atoms with Crippen LogP contribution in [0.15, 0.2) is 30.7 Å².